The van der Waals surface area contributed by atoms with Gasteiger partial charge in [-0.05, 0) is 83.6 Å². The van der Waals surface area contributed by atoms with E-state index in [1.807, 2.05) is 38.1 Å². The van der Waals surface area contributed by atoms with Crippen molar-refractivity contribution in [2.24, 2.45) is 0 Å². The maximum atomic E-state index is 14.5. The lowest BCUT2D eigenvalue weighted by Crippen LogP contribution is -2.58. The third-order valence-corrected chi connectivity index (χ3v) is 7.12. The second kappa shape index (κ2) is 13.7. The maximum absolute atomic E-state index is 14.5. The van der Waals surface area contributed by atoms with Crippen molar-refractivity contribution in [2.45, 2.75) is 110 Å². The fraction of sp³-hybridized carbons (Fsp3) is 0.531. The third kappa shape index (κ3) is 8.73. The number of nitrogens with zero attached hydrogens (tertiary/aromatic N) is 1. The van der Waals surface area contributed by atoms with E-state index in [1.165, 1.54) is 0 Å². The molecule has 218 valence electrons. The Hall–Kier alpha value is -3.55. The highest BCUT2D eigenvalue weighted by molar-refractivity contribution is 5.92. The molecule has 0 aromatic heterocycles. The molecule has 0 radical (unpaired) electrons. The summed E-state index contributed by atoms with van der Waals surface area (Å²) in [5, 5.41) is 15.7. The summed E-state index contributed by atoms with van der Waals surface area (Å²) in [6.45, 7) is 11.3. The van der Waals surface area contributed by atoms with Crippen molar-refractivity contribution in [3.8, 4) is 5.75 Å². The zero-order valence-electron chi connectivity index (χ0n) is 24.7. The van der Waals surface area contributed by atoms with Crippen LogP contribution in [0.5, 0.6) is 5.75 Å². The van der Waals surface area contributed by atoms with Crippen LogP contribution in [0.3, 0.4) is 0 Å². The van der Waals surface area contributed by atoms with Gasteiger partial charge in [-0.1, -0.05) is 55.3 Å². The summed E-state index contributed by atoms with van der Waals surface area (Å²) in [5.41, 5.74) is 1.80. The topological polar surface area (TPSA) is 108 Å². The molecule has 2 aromatic carbocycles. The summed E-state index contributed by atoms with van der Waals surface area (Å²) in [5.74, 6) is -0.460. The minimum absolute atomic E-state index is 0.0449. The summed E-state index contributed by atoms with van der Waals surface area (Å²) < 4.78 is 5.50. The SMILES string of the molecule is CCCC(C)NC(=O)C(c1ccc(C)cc1)N(C(=O)C(Cc1ccc(O)cc1)NC(=O)OC(C)(C)C)C1CCC1. The second-order valence-corrected chi connectivity index (χ2v) is 11.9. The number of aryl methyl sites for hydroxylation is 1. The monoisotopic (exact) mass is 551 g/mol. The van der Waals surface area contributed by atoms with Crippen LogP contribution in [0.15, 0.2) is 48.5 Å². The van der Waals surface area contributed by atoms with Crippen LogP contribution in [0.1, 0.15) is 89.5 Å². The highest BCUT2D eigenvalue weighted by Crippen LogP contribution is 2.34. The van der Waals surface area contributed by atoms with E-state index in [9.17, 15) is 19.5 Å². The summed E-state index contributed by atoms with van der Waals surface area (Å²) in [6.07, 6.45) is 3.76. The van der Waals surface area contributed by atoms with Gasteiger partial charge in [-0.2, -0.15) is 0 Å². The number of phenolic OH excluding ortho intramolecular Hbond substituents is 1. The van der Waals surface area contributed by atoms with Gasteiger partial charge < -0.3 is 25.4 Å². The van der Waals surface area contributed by atoms with Gasteiger partial charge in [0, 0.05) is 18.5 Å². The minimum atomic E-state index is -0.978. The van der Waals surface area contributed by atoms with Gasteiger partial charge in [0.1, 0.15) is 23.4 Å². The first-order chi connectivity index (χ1) is 18.9. The number of aromatic hydroxyl groups is 1. The third-order valence-electron chi connectivity index (χ3n) is 7.12. The lowest BCUT2D eigenvalue weighted by molar-refractivity contribution is -0.147. The molecule has 8 nitrogen and oxygen atoms in total. The maximum Gasteiger partial charge on any atom is 0.408 e. The first kappa shape index (κ1) is 31.0. The van der Waals surface area contributed by atoms with Crippen molar-refractivity contribution in [3.05, 3.63) is 65.2 Å². The molecule has 1 fully saturated rings. The van der Waals surface area contributed by atoms with Gasteiger partial charge in [-0.3, -0.25) is 9.59 Å². The average Bonchev–Trinajstić information content (AvgIpc) is 2.83. The summed E-state index contributed by atoms with van der Waals surface area (Å²) >= 11 is 0. The first-order valence-electron chi connectivity index (χ1n) is 14.3. The molecule has 3 atom stereocenters. The number of rotatable bonds is 11. The number of carbonyl (C=O) groups is 3. The van der Waals surface area contributed by atoms with Gasteiger partial charge in [0.15, 0.2) is 0 Å². The first-order valence-corrected chi connectivity index (χ1v) is 14.3. The molecule has 0 saturated heterocycles. The van der Waals surface area contributed by atoms with E-state index in [2.05, 4.69) is 17.6 Å². The van der Waals surface area contributed by atoms with Gasteiger partial charge in [0.05, 0.1) is 0 Å². The van der Waals surface area contributed by atoms with Crippen LogP contribution in [0.4, 0.5) is 4.79 Å². The molecule has 3 rings (SSSR count). The van der Waals surface area contributed by atoms with Gasteiger partial charge in [-0.15, -0.1) is 0 Å². The highest BCUT2D eigenvalue weighted by atomic mass is 16.6. The fourth-order valence-corrected chi connectivity index (χ4v) is 4.89. The predicted molar refractivity (Wildman–Crippen MR) is 156 cm³/mol. The molecule has 40 heavy (non-hydrogen) atoms. The van der Waals surface area contributed by atoms with Crippen LogP contribution in [0.25, 0.3) is 0 Å². The second-order valence-electron chi connectivity index (χ2n) is 11.9. The smallest absolute Gasteiger partial charge is 0.408 e. The minimum Gasteiger partial charge on any atom is -0.508 e. The van der Waals surface area contributed by atoms with Crippen molar-refractivity contribution in [3.63, 3.8) is 0 Å². The Kier molecular flexibility index (Phi) is 10.6. The number of phenols is 1. The van der Waals surface area contributed by atoms with Crippen molar-refractivity contribution in [1.29, 1.82) is 0 Å². The Balaban J connectivity index is 2.02. The van der Waals surface area contributed by atoms with E-state index in [4.69, 9.17) is 4.74 Å². The Morgan fingerprint density at radius 3 is 2.17 bits per heavy atom. The predicted octanol–water partition coefficient (Wildman–Crippen LogP) is 5.56. The van der Waals surface area contributed by atoms with Crippen LogP contribution in [-0.4, -0.2) is 51.6 Å². The summed E-state index contributed by atoms with van der Waals surface area (Å²) in [7, 11) is 0. The van der Waals surface area contributed by atoms with Crippen LogP contribution in [-0.2, 0) is 20.7 Å². The zero-order chi connectivity index (χ0) is 29.4. The number of benzene rings is 2. The van der Waals surface area contributed by atoms with Crippen molar-refractivity contribution >= 4 is 17.9 Å². The average molecular weight is 552 g/mol. The van der Waals surface area contributed by atoms with Crippen molar-refractivity contribution in [1.82, 2.24) is 15.5 Å². The van der Waals surface area contributed by atoms with Gasteiger partial charge in [0.2, 0.25) is 11.8 Å². The zero-order valence-corrected chi connectivity index (χ0v) is 24.7. The molecule has 2 aromatic rings. The summed E-state index contributed by atoms with van der Waals surface area (Å²) in [6, 6.07) is 12.2. The number of carbonyl (C=O) groups excluding carboxylic acids is 3. The van der Waals surface area contributed by atoms with Crippen LogP contribution in [0.2, 0.25) is 0 Å². The van der Waals surface area contributed by atoms with E-state index in [0.29, 0.717) is 0 Å². The van der Waals surface area contributed by atoms with E-state index >= 15 is 0 Å². The number of nitrogens with one attached hydrogen (secondary N) is 2. The molecule has 0 spiro atoms. The van der Waals surface area contributed by atoms with Crippen molar-refractivity contribution in [2.75, 3.05) is 0 Å². The van der Waals surface area contributed by atoms with Gasteiger partial charge >= 0.3 is 6.09 Å². The van der Waals surface area contributed by atoms with E-state index in [-0.39, 0.29) is 36.1 Å². The van der Waals surface area contributed by atoms with Gasteiger partial charge in [0.25, 0.3) is 0 Å². The lowest BCUT2D eigenvalue weighted by atomic mass is 9.87. The molecule has 3 N–H and O–H groups in total. The number of alkyl carbamates (subject to hydrolysis) is 1. The molecule has 0 aliphatic heterocycles. The molecule has 1 aliphatic carbocycles. The molecular weight excluding hydrogens is 506 g/mol. The van der Waals surface area contributed by atoms with Gasteiger partial charge in [-0.25, -0.2) is 4.79 Å². The Morgan fingerprint density at radius 2 is 1.65 bits per heavy atom. The van der Waals surface area contributed by atoms with Crippen LogP contribution < -0.4 is 10.6 Å². The Labute approximate surface area is 238 Å². The molecule has 8 heteroatoms. The number of hydrogen-bond donors (Lipinski definition) is 3. The fourth-order valence-electron chi connectivity index (χ4n) is 4.89. The van der Waals surface area contributed by atoms with Crippen LogP contribution >= 0.6 is 0 Å². The largest absolute Gasteiger partial charge is 0.508 e. The quantitative estimate of drug-likeness (QED) is 0.339. The van der Waals surface area contributed by atoms with E-state index in [1.54, 1.807) is 49.9 Å². The van der Waals surface area contributed by atoms with E-state index in [0.717, 1.165) is 48.8 Å². The molecule has 3 unspecified atom stereocenters. The summed E-state index contributed by atoms with van der Waals surface area (Å²) in [4.78, 5) is 42.9. The molecular formula is C32H45N3O5. The number of ether oxygens (including phenoxy) is 1. The normalized spacial score (nSPS) is 15.8. The van der Waals surface area contributed by atoms with E-state index < -0.39 is 23.8 Å². The molecule has 1 aliphatic rings. The highest BCUT2D eigenvalue weighted by Gasteiger charge is 2.42. The molecule has 0 bridgehead atoms. The van der Waals surface area contributed by atoms with Crippen LogP contribution in [0, 0.1) is 6.92 Å². The Morgan fingerprint density at radius 1 is 1.02 bits per heavy atom. The number of amides is 3. The van der Waals surface area contributed by atoms with Crippen molar-refractivity contribution < 1.29 is 24.2 Å². The Bertz CT molecular complexity index is 1140. The number of hydrogen-bond acceptors (Lipinski definition) is 5. The molecule has 3 amide bonds. The lowest BCUT2D eigenvalue weighted by Gasteiger charge is -2.44. The molecule has 1 saturated carbocycles. The standard InChI is InChI=1S/C32H45N3O5/c1-7-9-22(3)33-29(37)28(24-16-12-21(2)13-17-24)35(25-10-8-11-25)30(38)27(34-31(39)40-32(4,5)6)20-23-14-18-26(36)19-15-23/h12-19,22,25,27-28,36H,7-11,20H2,1-6H3,(H,33,37)(H,34,39). The molecule has 0 heterocycles.